The summed E-state index contributed by atoms with van der Waals surface area (Å²) in [6, 6.07) is 13.8. The lowest BCUT2D eigenvalue weighted by molar-refractivity contribution is 0.336. The van der Waals surface area contributed by atoms with Gasteiger partial charge in [0.05, 0.1) is 0 Å². The molecule has 0 saturated heterocycles. The molecule has 1 aliphatic carbocycles. The van der Waals surface area contributed by atoms with Crippen LogP contribution in [0, 0.1) is 4.91 Å². The number of nitrogens with zero attached hydrogens (tertiary/aromatic N) is 1. The molecule has 16 heavy (non-hydrogen) atoms. The van der Waals surface area contributed by atoms with E-state index in [1.165, 1.54) is 11.1 Å². The normalized spacial score (nSPS) is 11.8. The summed E-state index contributed by atoms with van der Waals surface area (Å²) in [4.78, 5) is 15.0. The minimum Gasteiger partial charge on any atom is -0.323 e. The standard InChI is InChI=1S/C13H9NO2/c15-14-16-12-7-3-5-10-8-9-4-1-2-6-11(9)13(10)12/h1-7H,8H2. The first-order chi connectivity index (χ1) is 7.90. The van der Waals surface area contributed by atoms with Crippen molar-refractivity contribution in [2.75, 3.05) is 0 Å². The van der Waals surface area contributed by atoms with E-state index in [9.17, 15) is 4.91 Å². The molecule has 78 valence electrons. The van der Waals surface area contributed by atoms with Crippen molar-refractivity contribution in [2.45, 2.75) is 6.42 Å². The maximum Gasteiger partial charge on any atom is 0.169 e. The number of fused-ring (bicyclic) bond motifs is 3. The van der Waals surface area contributed by atoms with Crippen LogP contribution in [0.25, 0.3) is 11.1 Å². The summed E-state index contributed by atoms with van der Waals surface area (Å²) in [5.41, 5.74) is 4.58. The van der Waals surface area contributed by atoms with Crippen molar-refractivity contribution < 1.29 is 4.84 Å². The Morgan fingerprint density at radius 2 is 1.81 bits per heavy atom. The van der Waals surface area contributed by atoms with E-state index in [1.54, 1.807) is 6.07 Å². The van der Waals surface area contributed by atoms with Gasteiger partial charge in [-0.05, 0) is 29.2 Å². The number of benzene rings is 2. The third-order valence-electron chi connectivity index (χ3n) is 2.92. The fraction of sp³-hybridized carbons (Fsp3) is 0.0769. The van der Waals surface area contributed by atoms with Gasteiger partial charge in [-0.15, -0.1) is 4.91 Å². The van der Waals surface area contributed by atoms with Crippen LogP contribution in [0.15, 0.2) is 47.8 Å². The van der Waals surface area contributed by atoms with E-state index in [0.717, 1.165) is 17.5 Å². The fourth-order valence-corrected chi connectivity index (χ4v) is 2.27. The predicted octanol–water partition coefficient (Wildman–Crippen LogP) is 3.32. The summed E-state index contributed by atoms with van der Waals surface area (Å²) in [5, 5.41) is 2.51. The molecule has 0 aromatic heterocycles. The molecule has 3 nitrogen and oxygen atoms in total. The van der Waals surface area contributed by atoms with Gasteiger partial charge in [0.2, 0.25) is 0 Å². The molecular weight excluding hydrogens is 202 g/mol. The Bertz CT molecular complexity index is 564. The third kappa shape index (κ3) is 1.21. The Balaban J connectivity index is 2.24. The SMILES string of the molecule is O=NOc1cccc2c1-c1ccccc1C2. The molecule has 0 aliphatic heterocycles. The first-order valence-electron chi connectivity index (χ1n) is 5.10. The molecule has 0 unspecified atom stereocenters. The predicted molar refractivity (Wildman–Crippen MR) is 61.1 cm³/mol. The summed E-state index contributed by atoms with van der Waals surface area (Å²) in [6.45, 7) is 0. The molecular formula is C13H9NO2. The first kappa shape index (κ1) is 9.09. The monoisotopic (exact) mass is 211 g/mol. The zero-order valence-electron chi connectivity index (χ0n) is 8.51. The largest absolute Gasteiger partial charge is 0.323 e. The maximum atomic E-state index is 10.2. The highest BCUT2D eigenvalue weighted by Crippen LogP contribution is 2.42. The minimum absolute atomic E-state index is 0.539. The zero-order chi connectivity index (χ0) is 11.0. The number of hydrogen-bond acceptors (Lipinski definition) is 3. The van der Waals surface area contributed by atoms with E-state index >= 15 is 0 Å². The van der Waals surface area contributed by atoms with Crippen molar-refractivity contribution in [2.24, 2.45) is 5.34 Å². The van der Waals surface area contributed by atoms with Gasteiger partial charge in [-0.25, -0.2) is 0 Å². The fourth-order valence-electron chi connectivity index (χ4n) is 2.27. The zero-order valence-corrected chi connectivity index (χ0v) is 8.51. The molecule has 0 radical (unpaired) electrons. The van der Waals surface area contributed by atoms with Crippen molar-refractivity contribution in [3.63, 3.8) is 0 Å². The summed E-state index contributed by atoms with van der Waals surface area (Å²) in [6.07, 6.45) is 0.890. The molecule has 0 fully saturated rings. The second-order valence-electron chi connectivity index (χ2n) is 3.79. The second kappa shape index (κ2) is 3.45. The van der Waals surface area contributed by atoms with Crippen LogP contribution in [0.4, 0.5) is 0 Å². The molecule has 0 saturated carbocycles. The van der Waals surface area contributed by atoms with Crippen molar-refractivity contribution in [1.29, 1.82) is 0 Å². The average Bonchev–Trinajstić information content (AvgIpc) is 2.68. The van der Waals surface area contributed by atoms with Gasteiger partial charge in [0.1, 0.15) is 0 Å². The molecule has 0 amide bonds. The third-order valence-corrected chi connectivity index (χ3v) is 2.92. The van der Waals surface area contributed by atoms with Crippen LogP contribution >= 0.6 is 0 Å². The average molecular weight is 211 g/mol. The molecule has 0 bridgehead atoms. The molecule has 0 atom stereocenters. The molecule has 0 heterocycles. The van der Waals surface area contributed by atoms with Crippen LogP contribution in [-0.2, 0) is 6.42 Å². The van der Waals surface area contributed by atoms with Gasteiger partial charge in [-0.1, -0.05) is 36.4 Å². The lowest BCUT2D eigenvalue weighted by atomic mass is 10.1. The van der Waals surface area contributed by atoms with E-state index < -0.39 is 0 Å². The summed E-state index contributed by atoms with van der Waals surface area (Å²) in [7, 11) is 0. The van der Waals surface area contributed by atoms with Crippen molar-refractivity contribution in [1.82, 2.24) is 0 Å². The van der Waals surface area contributed by atoms with Gasteiger partial charge in [0.25, 0.3) is 0 Å². The highest BCUT2D eigenvalue weighted by atomic mass is 16.7. The quantitative estimate of drug-likeness (QED) is 0.481. The van der Waals surface area contributed by atoms with Gasteiger partial charge < -0.3 is 4.84 Å². The van der Waals surface area contributed by atoms with E-state index in [1.807, 2.05) is 30.3 Å². The highest BCUT2D eigenvalue weighted by Gasteiger charge is 2.21. The number of rotatable bonds is 2. The van der Waals surface area contributed by atoms with Crippen LogP contribution in [0.2, 0.25) is 0 Å². The van der Waals surface area contributed by atoms with E-state index in [0.29, 0.717) is 5.75 Å². The van der Waals surface area contributed by atoms with Gasteiger partial charge in [0, 0.05) is 5.56 Å². The summed E-state index contributed by atoms with van der Waals surface area (Å²) < 4.78 is 0. The minimum atomic E-state index is 0.539. The summed E-state index contributed by atoms with van der Waals surface area (Å²) >= 11 is 0. The Hall–Kier alpha value is -2.16. The van der Waals surface area contributed by atoms with E-state index in [4.69, 9.17) is 4.84 Å². The van der Waals surface area contributed by atoms with Crippen molar-refractivity contribution in [3.8, 4) is 16.9 Å². The smallest absolute Gasteiger partial charge is 0.169 e. The van der Waals surface area contributed by atoms with E-state index in [-0.39, 0.29) is 0 Å². The summed E-state index contributed by atoms with van der Waals surface area (Å²) in [5.74, 6) is 0.539. The molecule has 1 aliphatic rings. The number of hydrogen-bond donors (Lipinski definition) is 0. The topological polar surface area (TPSA) is 38.7 Å². The highest BCUT2D eigenvalue weighted by molar-refractivity contribution is 5.81. The first-order valence-corrected chi connectivity index (χ1v) is 5.10. The van der Waals surface area contributed by atoms with Crippen LogP contribution in [0.1, 0.15) is 11.1 Å². The van der Waals surface area contributed by atoms with E-state index in [2.05, 4.69) is 11.4 Å². The Kier molecular flexibility index (Phi) is 1.96. The van der Waals surface area contributed by atoms with Crippen LogP contribution in [-0.4, -0.2) is 0 Å². The molecule has 2 aromatic carbocycles. The van der Waals surface area contributed by atoms with Gasteiger partial charge in [-0.3, -0.25) is 0 Å². The van der Waals surface area contributed by atoms with Gasteiger partial charge in [-0.2, -0.15) is 0 Å². The Labute approximate surface area is 92.6 Å². The van der Waals surface area contributed by atoms with Crippen LogP contribution in [0.3, 0.4) is 0 Å². The Morgan fingerprint density at radius 3 is 2.69 bits per heavy atom. The molecule has 3 heteroatoms. The van der Waals surface area contributed by atoms with Gasteiger partial charge in [0.15, 0.2) is 11.1 Å². The maximum absolute atomic E-state index is 10.2. The Morgan fingerprint density at radius 1 is 1.00 bits per heavy atom. The lowest BCUT2D eigenvalue weighted by Crippen LogP contribution is -1.86. The van der Waals surface area contributed by atoms with Crippen LogP contribution in [0.5, 0.6) is 5.75 Å². The second-order valence-corrected chi connectivity index (χ2v) is 3.79. The van der Waals surface area contributed by atoms with Crippen molar-refractivity contribution >= 4 is 0 Å². The molecule has 3 rings (SSSR count). The molecule has 0 spiro atoms. The van der Waals surface area contributed by atoms with Gasteiger partial charge >= 0.3 is 0 Å². The van der Waals surface area contributed by atoms with Crippen molar-refractivity contribution in [3.05, 3.63) is 58.5 Å². The molecule has 0 N–H and O–H groups in total. The molecule has 2 aromatic rings. The van der Waals surface area contributed by atoms with Crippen LogP contribution < -0.4 is 4.84 Å². The lowest BCUT2D eigenvalue weighted by Gasteiger charge is -2.04.